The van der Waals surface area contributed by atoms with E-state index < -0.39 is 77.7 Å². The number of halogens is 4. The number of nitrogens with zero attached hydrogens (tertiary/aromatic N) is 7. The van der Waals surface area contributed by atoms with Crippen molar-refractivity contribution in [1.82, 2.24) is 19.9 Å². The maximum absolute atomic E-state index is 17.9. The van der Waals surface area contributed by atoms with Crippen molar-refractivity contribution in [2.24, 2.45) is 10.9 Å². The van der Waals surface area contributed by atoms with Gasteiger partial charge in [0.05, 0.1) is 42.3 Å². The topological polar surface area (TPSA) is 99.8 Å². The minimum absolute atomic E-state index is 0.000740. The molecule has 304 valence electrons. The SMILES string of the molecule is [2H]C([2H])([2H])Oc1c(C#N)c(F)cc2cc(N=C(c3ccccc3)c3ccccc3)cc(-c3ncc4c(N5CCCC[C@H]6[C@H](F)[C@H]65)nc(OC([2H])([2H])[C@@]56CCCN5C[C@H](F)C6)nc4c3F)c12. The van der Waals surface area contributed by atoms with Crippen LogP contribution in [-0.2, 0) is 0 Å². The lowest BCUT2D eigenvalue weighted by molar-refractivity contribution is 0.107. The number of hydrogen-bond donors (Lipinski definition) is 0. The first kappa shape index (κ1) is 32.7. The molecule has 5 atom stereocenters. The van der Waals surface area contributed by atoms with E-state index in [4.69, 9.17) is 18.6 Å². The Morgan fingerprint density at radius 2 is 1.80 bits per heavy atom. The van der Waals surface area contributed by atoms with Crippen molar-refractivity contribution >= 4 is 38.9 Å². The molecule has 0 N–H and O–H groups in total. The molecular weight excluding hydrogens is 771 g/mol. The third kappa shape index (κ3) is 6.48. The number of aromatic nitrogens is 3. The standard InChI is InChI=1S/C47H41F4N7O2/c1-59-44-34(23-52)36(49)20-29-19-31(54-40(27-11-4-2-5-12-27)28-13-6-3-7-14-28)21-33(37(29)44)41-39(51)42-35(24-53-41)45(58-18-9-8-15-32-38(50)43(32)58)56-46(55-42)60-26-47-16-10-17-57(47)25-30(48)22-47/h2-7,11-14,19-21,24,30,32,38,43H,8-10,15-18,22,25-26H2,1H3/t30-,32+,38+,43+,47+/m1/s1/i1D3,26D2. The molecule has 2 aromatic heterocycles. The van der Waals surface area contributed by atoms with Crippen LogP contribution in [0.4, 0.5) is 29.1 Å². The molecule has 4 aromatic carbocycles. The Bertz CT molecular complexity index is 2880. The van der Waals surface area contributed by atoms with Crippen molar-refractivity contribution < 1.29 is 33.9 Å². The van der Waals surface area contributed by atoms with Crippen LogP contribution in [0.5, 0.6) is 11.8 Å². The Hall–Kier alpha value is -6.13. The van der Waals surface area contributed by atoms with Crippen molar-refractivity contribution in [2.75, 3.05) is 38.1 Å². The smallest absolute Gasteiger partial charge is 0.319 e. The molecule has 10 rings (SSSR count). The second-order valence-electron chi connectivity index (χ2n) is 15.9. The fourth-order valence-electron chi connectivity index (χ4n) is 9.51. The van der Waals surface area contributed by atoms with E-state index in [-0.39, 0.29) is 52.1 Å². The molecule has 1 saturated carbocycles. The molecule has 4 aliphatic rings. The Morgan fingerprint density at radius 1 is 1.02 bits per heavy atom. The number of benzene rings is 4. The van der Waals surface area contributed by atoms with Crippen LogP contribution in [-0.4, -0.2) is 82.7 Å². The summed E-state index contributed by atoms with van der Waals surface area (Å²) in [4.78, 5) is 22.1. The van der Waals surface area contributed by atoms with E-state index >= 15 is 13.2 Å². The molecule has 1 aliphatic carbocycles. The number of aliphatic imine (C=N–C) groups is 1. The zero-order valence-corrected chi connectivity index (χ0v) is 32.2. The van der Waals surface area contributed by atoms with Gasteiger partial charge in [-0.05, 0) is 55.8 Å². The summed E-state index contributed by atoms with van der Waals surface area (Å²) in [6.45, 7) is -1.71. The predicted octanol–water partition coefficient (Wildman–Crippen LogP) is 9.45. The van der Waals surface area contributed by atoms with Crippen LogP contribution in [0, 0.1) is 28.9 Å². The predicted molar refractivity (Wildman–Crippen MR) is 222 cm³/mol. The van der Waals surface area contributed by atoms with Crippen LogP contribution in [0.1, 0.15) is 62.1 Å². The second-order valence-corrected chi connectivity index (χ2v) is 15.9. The van der Waals surface area contributed by atoms with Crippen LogP contribution < -0.4 is 14.4 Å². The first-order valence-electron chi connectivity index (χ1n) is 22.6. The molecule has 60 heavy (non-hydrogen) atoms. The van der Waals surface area contributed by atoms with Crippen LogP contribution in [0.25, 0.3) is 32.9 Å². The van der Waals surface area contributed by atoms with E-state index in [0.29, 0.717) is 55.6 Å². The average Bonchev–Trinajstić information content (AvgIpc) is 3.63. The number of rotatable bonds is 9. The fourth-order valence-corrected chi connectivity index (χ4v) is 9.51. The number of ether oxygens (including phenoxy) is 2. The Kier molecular flexibility index (Phi) is 8.26. The van der Waals surface area contributed by atoms with E-state index in [1.165, 1.54) is 18.3 Å². The molecule has 9 nitrogen and oxygen atoms in total. The number of alkyl halides is 2. The molecule has 0 radical (unpaired) electrons. The van der Waals surface area contributed by atoms with E-state index in [1.807, 2.05) is 60.7 Å². The summed E-state index contributed by atoms with van der Waals surface area (Å²) in [6.07, 6.45) is 1.66. The van der Waals surface area contributed by atoms with Crippen molar-refractivity contribution in [3.05, 3.63) is 113 Å². The molecular formula is C47H41F4N7O2. The number of nitriles is 1. The van der Waals surface area contributed by atoms with Crippen LogP contribution in [0.15, 0.2) is 90.1 Å². The van der Waals surface area contributed by atoms with Gasteiger partial charge in [-0.3, -0.25) is 9.88 Å². The van der Waals surface area contributed by atoms with Crippen molar-refractivity contribution in [1.29, 1.82) is 5.26 Å². The van der Waals surface area contributed by atoms with E-state index in [1.54, 1.807) is 15.9 Å². The zero-order valence-electron chi connectivity index (χ0n) is 37.2. The third-order valence-corrected chi connectivity index (χ3v) is 12.4. The average molecular weight is 817 g/mol. The third-order valence-electron chi connectivity index (χ3n) is 12.4. The number of hydrogen-bond acceptors (Lipinski definition) is 9. The first-order chi connectivity index (χ1) is 31.2. The number of anilines is 1. The molecule has 4 fully saturated rings. The van der Waals surface area contributed by atoms with Crippen LogP contribution in [0.3, 0.4) is 0 Å². The maximum atomic E-state index is 17.9. The molecule has 5 heterocycles. The molecule has 3 saturated heterocycles. The largest absolute Gasteiger partial charge is 0.495 e. The van der Waals surface area contributed by atoms with Gasteiger partial charge < -0.3 is 14.4 Å². The summed E-state index contributed by atoms with van der Waals surface area (Å²) >= 11 is 0. The first-order valence-corrected chi connectivity index (χ1v) is 20.1. The lowest BCUT2D eigenvalue weighted by Gasteiger charge is -2.31. The van der Waals surface area contributed by atoms with Gasteiger partial charge in [0.2, 0.25) is 0 Å². The summed E-state index contributed by atoms with van der Waals surface area (Å²) in [5.74, 6) is -3.09. The number of pyridine rings is 1. The molecule has 0 amide bonds. The quantitative estimate of drug-likeness (QED) is 0.105. The molecule has 0 unspecified atom stereocenters. The van der Waals surface area contributed by atoms with Gasteiger partial charge in [-0.25, -0.2) is 22.6 Å². The Labute approximate surface area is 351 Å². The van der Waals surface area contributed by atoms with Gasteiger partial charge in [-0.1, -0.05) is 67.1 Å². The van der Waals surface area contributed by atoms with Gasteiger partial charge in [-0.2, -0.15) is 15.2 Å². The van der Waals surface area contributed by atoms with E-state index in [2.05, 4.69) is 15.0 Å². The van der Waals surface area contributed by atoms with E-state index in [0.717, 1.165) is 12.5 Å². The zero-order chi connectivity index (χ0) is 45.4. The highest BCUT2D eigenvalue weighted by atomic mass is 19.1. The fraction of sp³-hybridized carbons (Fsp3) is 0.340. The van der Waals surface area contributed by atoms with Crippen molar-refractivity contribution in [3.63, 3.8) is 0 Å². The Balaban J connectivity index is 1.22. The van der Waals surface area contributed by atoms with Gasteiger partial charge >= 0.3 is 6.01 Å². The van der Waals surface area contributed by atoms with Gasteiger partial charge in [0.25, 0.3) is 0 Å². The maximum Gasteiger partial charge on any atom is 0.319 e. The number of methoxy groups -OCH3 is 1. The molecule has 6 aromatic rings. The molecule has 0 spiro atoms. The highest BCUT2D eigenvalue weighted by molar-refractivity contribution is 6.14. The minimum Gasteiger partial charge on any atom is -0.495 e. The lowest BCUT2D eigenvalue weighted by Crippen LogP contribution is -2.43. The highest BCUT2D eigenvalue weighted by Crippen LogP contribution is 2.49. The highest BCUT2D eigenvalue weighted by Gasteiger charge is 2.56. The normalized spacial score (nSPS) is 25.2. The summed E-state index contributed by atoms with van der Waals surface area (Å²) in [7, 11) is -3.19. The van der Waals surface area contributed by atoms with Crippen LogP contribution >= 0.6 is 0 Å². The molecule has 13 heteroatoms. The summed E-state index contributed by atoms with van der Waals surface area (Å²) in [5, 5.41) is 10.0. The van der Waals surface area contributed by atoms with Gasteiger partial charge in [0.15, 0.2) is 5.82 Å². The van der Waals surface area contributed by atoms with Gasteiger partial charge in [-0.15, -0.1) is 0 Å². The minimum atomic E-state index is -3.19. The summed E-state index contributed by atoms with van der Waals surface area (Å²) in [5.41, 5.74) is -0.968. The lowest BCUT2D eigenvalue weighted by atomic mass is 9.95. The molecule has 0 bridgehead atoms. The summed E-state index contributed by atoms with van der Waals surface area (Å²) < 4.78 is 118. The summed E-state index contributed by atoms with van der Waals surface area (Å²) in [6, 6.07) is 22.9. The monoisotopic (exact) mass is 816 g/mol. The van der Waals surface area contributed by atoms with Crippen LogP contribution in [0.2, 0.25) is 0 Å². The van der Waals surface area contributed by atoms with Crippen molar-refractivity contribution in [3.8, 4) is 29.1 Å². The van der Waals surface area contributed by atoms with Gasteiger partial charge in [0, 0.05) is 53.7 Å². The second kappa shape index (κ2) is 15.2. The Morgan fingerprint density at radius 3 is 2.55 bits per heavy atom. The number of fused-ring (bicyclic) bond motifs is 4. The van der Waals surface area contributed by atoms with Gasteiger partial charge in [0.1, 0.15) is 59.1 Å². The molecule has 3 aliphatic heterocycles. The van der Waals surface area contributed by atoms with Crippen molar-refractivity contribution in [2.45, 2.75) is 62.4 Å². The van der Waals surface area contributed by atoms with E-state index in [9.17, 15) is 12.4 Å².